The lowest BCUT2D eigenvalue weighted by molar-refractivity contribution is -0.245. The molecule has 0 aromatic heterocycles. The molecule has 0 amide bonds. The van der Waals surface area contributed by atoms with Gasteiger partial charge in [0.2, 0.25) is 0 Å². The number of ether oxygens (including phenoxy) is 3. The molecular weight excluding hydrogens is 260 g/mol. The smallest absolute Gasteiger partial charge is 0.338 e. The lowest BCUT2D eigenvalue weighted by Gasteiger charge is -2.40. The molecule has 0 radical (unpaired) electrons. The van der Waals surface area contributed by atoms with Gasteiger partial charge in [0.25, 0.3) is 0 Å². The number of hydrogen-bond acceptors (Lipinski definition) is 5. The first kappa shape index (κ1) is 15.5. The third-order valence-corrected chi connectivity index (χ3v) is 5.25. The minimum atomic E-state index is -1.52. The highest BCUT2D eigenvalue weighted by Crippen LogP contribution is 2.58. The second-order valence-electron chi connectivity index (χ2n) is 5.99. The van der Waals surface area contributed by atoms with Gasteiger partial charge in [-0.25, -0.2) is 4.79 Å². The summed E-state index contributed by atoms with van der Waals surface area (Å²) in [5.74, 6) is -1.65. The van der Waals surface area contributed by atoms with Crippen LogP contribution < -0.4 is 0 Å². The van der Waals surface area contributed by atoms with Crippen LogP contribution in [0, 0.1) is 17.8 Å². The Morgan fingerprint density at radius 1 is 1.35 bits per heavy atom. The molecule has 2 rings (SSSR count). The quantitative estimate of drug-likeness (QED) is 0.481. The first-order valence-electron chi connectivity index (χ1n) is 6.92. The van der Waals surface area contributed by atoms with Gasteiger partial charge in [0.05, 0.1) is 7.11 Å². The van der Waals surface area contributed by atoms with Gasteiger partial charge in [-0.15, -0.1) is 0 Å². The molecule has 0 bridgehead atoms. The molecule has 0 spiro atoms. The number of esters is 1. The number of methoxy groups -OCH3 is 3. The van der Waals surface area contributed by atoms with Gasteiger partial charge in [0, 0.05) is 32.5 Å². The highest BCUT2D eigenvalue weighted by atomic mass is 16.7. The summed E-state index contributed by atoms with van der Waals surface area (Å²) in [7, 11) is 4.46. The SMILES string of the molecule is C=C1C[C@@](O)(C(=O)OC)[C@H]2[C@H](C(C)(OC)OC)CC[C@@H]12. The molecule has 0 aromatic carbocycles. The van der Waals surface area contributed by atoms with Gasteiger partial charge in [-0.05, 0) is 25.7 Å². The zero-order valence-corrected chi connectivity index (χ0v) is 12.6. The fourth-order valence-electron chi connectivity index (χ4n) is 4.08. The topological polar surface area (TPSA) is 65.0 Å². The predicted octanol–water partition coefficient (Wildman–Crippen LogP) is 1.50. The monoisotopic (exact) mass is 284 g/mol. The summed E-state index contributed by atoms with van der Waals surface area (Å²) in [6.07, 6.45) is 1.97. The van der Waals surface area contributed by atoms with E-state index in [1.807, 2.05) is 6.92 Å². The molecule has 20 heavy (non-hydrogen) atoms. The van der Waals surface area contributed by atoms with Gasteiger partial charge < -0.3 is 19.3 Å². The van der Waals surface area contributed by atoms with Crippen molar-refractivity contribution in [1.29, 1.82) is 0 Å². The number of hydrogen-bond donors (Lipinski definition) is 1. The normalized spacial score (nSPS) is 37.0. The fourth-order valence-corrected chi connectivity index (χ4v) is 4.08. The minimum Gasteiger partial charge on any atom is -0.467 e. The first-order valence-corrected chi connectivity index (χ1v) is 6.92. The van der Waals surface area contributed by atoms with Crippen molar-refractivity contribution in [3.63, 3.8) is 0 Å². The molecule has 0 saturated heterocycles. The highest BCUT2D eigenvalue weighted by molar-refractivity contribution is 5.81. The summed E-state index contributed by atoms with van der Waals surface area (Å²) >= 11 is 0. The van der Waals surface area contributed by atoms with Gasteiger partial charge in [0.1, 0.15) is 0 Å². The van der Waals surface area contributed by atoms with Gasteiger partial charge in [-0.3, -0.25) is 0 Å². The van der Waals surface area contributed by atoms with Crippen LogP contribution in [0.15, 0.2) is 12.2 Å². The molecule has 4 atom stereocenters. The van der Waals surface area contributed by atoms with Crippen LogP contribution in [0.2, 0.25) is 0 Å². The van der Waals surface area contributed by atoms with Crippen molar-refractivity contribution in [1.82, 2.24) is 0 Å². The van der Waals surface area contributed by atoms with Gasteiger partial charge in [0.15, 0.2) is 11.4 Å². The molecule has 2 saturated carbocycles. The molecule has 2 aliphatic rings. The van der Waals surface area contributed by atoms with E-state index in [0.717, 1.165) is 18.4 Å². The molecule has 2 aliphatic carbocycles. The van der Waals surface area contributed by atoms with Crippen LogP contribution in [0.3, 0.4) is 0 Å². The Morgan fingerprint density at radius 2 is 1.95 bits per heavy atom. The highest BCUT2D eigenvalue weighted by Gasteiger charge is 2.63. The van der Waals surface area contributed by atoms with Gasteiger partial charge in [-0.1, -0.05) is 12.2 Å². The van der Waals surface area contributed by atoms with Crippen LogP contribution in [0.4, 0.5) is 0 Å². The molecule has 1 N–H and O–H groups in total. The molecule has 0 unspecified atom stereocenters. The summed E-state index contributed by atoms with van der Waals surface area (Å²) in [6.45, 7) is 5.87. The van der Waals surface area contributed by atoms with Crippen LogP contribution in [0.5, 0.6) is 0 Å². The zero-order chi connectivity index (χ0) is 15.1. The maximum Gasteiger partial charge on any atom is 0.338 e. The largest absolute Gasteiger partial charge is 0.467 e. The van der Waals surface area contributed by atoms with E-state index in [2.05, 4.69) is 6.58 Å². The lowest BCUT2D eigenvalue weighted by atomic mass is 9.77. The van der Waals surface area contributed by atoms with Crippen LogP contribution in [0.25, 0.3) is 0 Å². The van der Waals surface area contributed by atoms with Crippen molar-refractivity contribution in [2.45, 2.75) is 37.6 Å². The Kier molecular flexibility index (Phi) is 3.97. The average Bonchev–Trinajstić information content (AvgIpc) is 3.00. The molecule has 0 heterocycles. The minimum absolute atomic E-state index is 0.0779. The van der Waals surface area contributed by atoms with E-state index in [4.69, 9.17) is 14.2 Å². The second kappa shape index (κ2) is 5.13. The van der Waals surface area contributed by atoms with E-state index in [1.165, 1.54) is 7.11 Å². The van der Waals surface area contributed by atoms with Crippen molar-refractivity contribution in [2.24, 2.45) is 17.8 Å². The van der Waals surface area contributed by atoms with Gasteiger partial charge in [-0.2, -0.15) is 0 Å². The molecule has 114 valence electrons. The second-order valence-corrected chi connectivity index (χ2v) is 5.99. The van der Waals surface area contributed by atoms with Crippen LogP contribution in [0.1, 0.15) is 26.2 Å². The first-order chi connectivity index (χ1) is 9.34. The Balaban J connectivity index is 2.40. The number of carbonyl (C=O) groups excluding carboxylic acids is 1. The number of carbonyl (C=O) groups is 1. The van der Waals surface area contributed by atoms with Crippen molar-refractivity contribution in [3.8, 4) is 0 Å². The molecule has 0 aromatic rings. The van der Waals surface area contributed by atoms with E-state index in [1.54, 1.807) is 14.2 Å². The Morgan fingerprint density at radius 3 is 2.45 bits per heavy atom. The molecule has 5 nitrogen and oxygen atoms in total. The Hall–Kier alpha value is -0.910. The summed E-state index contributed by atoms with van der Waals surface area (Å²) in [6, 6.07) is 0. The van der Waals surface area contributed by atoms with Crippen LogP contribution in [-0.2, 0) is 19.0 Å². The predicted molar refractivity (Wildman–Crippen MR) is 72.8 cm³/mol. The van der Waals surface area contributed by atoms with E-state index < -0.39 is 17.4 Å². The van der Waals surface area contributed by atoms with Gasteiger partial charge >= 0.3 is 5.97 Å². The van der Waals surface area contributed by atoms with Crippen LogP contribution in [-0.4, -0.2) is 43.8 Å². The van der Waals surface area contributed by atoms with Crippen molar-refractivity contribution in [2.75, 3.05) is 21.3 Å². The molecule has 5 heteroatoms. The molecular formula is C15H24O5. The Labute approximate surface area is 119 Å². The fraction of sp³-hybridized carbons (Fsp3) is 0.800. The molecule has 0 aliphatic heterocycles. The van der Waals surface area contributed by atoms with Crippen molar-refractivity contribution >= 4 is 5.97 Å². The van der Waals surface area contributed by atoms with E-state index >= 15 is 0 Å². The van der Waals surface area contributed by atoms with E-state index in [-0.39, 0.29) is 24.2 Å². The standard InChI is InChI=1S/C15H24O5/c1-9-8-15(17,13(16)18-3)12-10(9)6-7-11(12)14(2,19-4)20-5/h10-12,17H,1,6-8H2,2-5H3/t10-,11+,12+,15-/m0/s1. The maximum absolute atomic E-state index is 12.1. The maximum atomic E-state index is 12.1. The average molecular weight is 284 g/mol. The Bertz CT molecular complexity index is 414. The summed E-state index contributed by atoms with van der Waals surface area (Å²) in [5, 5.41) is 10.9. The third kappa shape index (κ3) is 2.00. The summed E-state index contributed by atoms with van der Waals surface area (Å²) in [4.78, 5) is 12.1. The van der Waals surface area contributed by atoms with Crippen LogP contribution >= 0.6 is 0 Å². The summed E-state index contributed by atoms with van der Waals surface area (Å²) in [5.41, 5.74) is -0.601. The molecule has 2 fully saturated rings. The van der Waals surface area contributed by atoms with Crippen molar-refractivity contribution < 1.29 is 24.1 Å². The number of rotatable bonds is 4. The van der Waals surface area contributed by atoms with E-state index in [0.29, 0.717) is 0 Å². The number of aliphatic hydroxyl groups is 1. The third-order valence-electron chi connectivity index (χ3n) is 5.25. The summed E-state index contributed by atoms with van der Waals surface area (Å²) < 4.78 is 15.8. The van der Waals surface area contributed by atoms with Crippen molar-refractivity contribution in [3.05, 3.63) is 12.2 Å². The lowest BCUT2D eigenvalue weighted by Crippen LogP contribution is -2.52. The zero-order valence-electron chi connectivity index (χ0n) is 12.6. The number of fused-ring (bicyclic) bond motifs is 1. The van der Waals surface area contributed by atoms with E-state index in [9.17, 15) is 9.90 Å².